The number of thiophene rings is 1. The Hall–Kier alpha value is -6.68. The van der Waals surface area contributed by atoms with Gasteiger partial charge in [-0.15, -0.1) is 0 Å². The molecule has 58 heavy (non-hydrogen) atoms. The predicted molar refractivity (Wildman–Crippen MR) is 251 cm³/mol. The molecule has 3 aromatic heterocycles. The molecule has 0 spiro atoms. The van der Waals surface area contributed by atoms with E-state index in [-0.39, 0.29) is 0 Å². The van der Waals surface area contributed by atoms with Crippen molar-refractivity contribution in [2.45, 2.75) is 0 Å². The number of rotatable bonds is 6. The molecular formula is C54H34N2SSe. The van der Waals surface area contributed by atoms with Crippen molar-refractivity contribution in [3.05, 3.63) is 206 Å². The third-order valence-electron chi connectivity index (χ3n) is 11.6. The Balaban J connectivity index is 0.970. The average Bonchev–Trinajstić information content (AvgIpc) is 3.97. The first-order chi connectivity index (χ1) is 28.7. The van der Waals surface area contributed by atoms with E-state index < -0.39 is 0 Å². The van der Waals surface area contributed by atoms with Gasteiger partial charge in [0.15, 0.2) is 0 Å². The van der Waals surface area contributed by atoms with Gasteiger partial charge in [-0.25, -0.2) is 0 Å². The maximum Gasteiger partial charge on any atom is 0.0547 e. The topological polar surface area (TPSA) is 8.17 Å². The first-order valence-electron chi connectivity index (χ1n) is 19.7. The summed E-state index contributed by atoms with van der Waals surface area (Å²) in [6.07, 6.45) is 0. The van der Waals surface area contributed by atoms with Gasteiger partial charge in [-0.05, 0) is 35.9 Å². The first kappa shape index (κ1) is 33.5. The van der Waals surface area contributed by atoms with Crippen LogP contribution < -0.4 is 4.90 Å². The Bertz CT molecular complexity index is 3500. The maximum absolute atomic E-state index is 2.43. The molecule has 0 saturated heterocycles. The number of fused-ring (bicyclic) bond motifs is 9. The van der Waals surface area contributed by atoms with E-state index in [9.17, 15) is 0 Å². The van der Waals surface area contributed by atoms with E-state index in [2.05, 4.69) is 216 Å². The molecular weight excluding hydrogens is 788 g/mol. The van der Waals surface area contributed by atoms with Gasteiger partial charge in [-0.1, -0.05) is 66.7 Å². The molecule has 272 valence electrons. The van der Waals surface area contributed by atoms with Crippen LogP contribution in [-0.4, -0.2) is 19.1 Å². The molecule has 0 amide bonds. The molecule has 4 heteroatoms. The minimum absolute atomic E-state index is 0.333. The van der Waals surface area contributed by atoms with Crippen molar-refractivity contribution in [1.29, 1.82) is 0 Å². The Kier molecular flexibility index (Phi) is 7.77. The summed E-state index contributed by atoms with van der Waals surface area (Å²) in [4.78, 5) is 2.43. The Morgan fingerprint density at radius 3 is 1.72 bits per heavy atom. The fourth-order valence-corrected chi connectivity index (χ4v) is 12.5. The molecule has 0 bridgehead atoms. The summed E-state index contributed by atoms with van der Waals surface area (Å²) in [6, 6.07) is 76.0. The number of para-hydroxylation sites is 2. The first-order valence-corrected chi connectivity index (χ1v) is 22.2. The van der Waals surface area contributed by atoms with Crippen molar-refractivity contribution in [1.82, 2.24) is 4.57 Å². The largest absolute Gasteiger partial charge is 0.0602 e. The standard InChI is InChI=1S/C54H34N2SSe/c1-2-11-39(12-3-1)56-48-17-7-4-13-42(48)43-31-25-37(33-50(43)56)35-21-27-40(28-22-35)55(49-18-10-16-47-44-14-5-8-19-51(44)57-54(47)49)41-29-23-36(24-30-41)38-26-32-46-45-15-6-9-20-52(45)58-53(46)34-38/h1-34H. The van der Waals surface area contributed by atoms with Crippen LogP contribution in [-0.2, 0) is 0 Å². The second kappa shape index (κ2) is 13.5. The molecule has 9 aromatic carbocycles. The van der Waals surface area contributed by atoms with Crippen LogP contribution in [0.1, 0.15) is 0 Å². The summed E-state index contributed by atoms with van der Waals surface area (Å²) >= 11 is 2.21. The van der Waals surface area contributed by atoms with Crippen LogP contribution in [0.15, 0.2) is 206 Å². The number of aromatic nitrogens is 1. The van der Waals surface area contributed by atoms with Crippen LogP contribution >= 0.6 is 11.3 Å². The van der Waals surface area contributed by atoms with E-state index in [0.29, 0.717) is 14.5 Å². The zero-order valence-corrected chi connectivity index (χ0v) is 33.9. The molecule has 0 unspecified atom stereocenters. The molecule has 0 aliphatic carbocycles. The second-order valence-corrected chi connectivity index (χ2v) is 18.2. The van der Waals surface area contributed by atoms with E-state index in [4.69, 9.17) is 0 Å². The quantitative estimate of drug-likeness (QED) is 0.152. The van der Waals surface area contributed by atoms with Crippen LogP contribution in [0.4, 0.5) is 17.1 Å². The van der Waals surface area contributed by atoms with Gasteiger partial charge in [0, 0.05) is 16.5 Å². The van der Waals surface area contributed by atoms with Gasteiger partial charge in [-0.3, -0.25) is 0 Å². The fraction of sp³-hybridized carbons (Fsp3) is 0. The predicted octanol–water partition coefficient (Wildman–Crippen LogP) is 15.3. The molecule has 0 aliphatic rings. The Labute approximate surface area is 345 Å². The smallest absolute Gasteiger partial charge is 0.0547 e. The van der Waals surface area contributed by atoms with Gasteiger partial charge in [0.05, 0.1) is 11.0 Å². The molecule has 0 atom stereocenters. The molecule has 3 heterocycles. The number of hydrogen-bond acceptors (Lipinski definition) is 2. The molecule has 0 fully saturated rings. The van der Waals surface area contributed by atoms with Gasteiger partial charge in [0.25, 0.3) is 0 Å². The normalized spacial score (nSPS) is 11.8. The van der Waals surface area contributed by atoms with E-state index >= 15 is 0 Å². The van der Waals surface area contributed by atoms with Crippen molar-refractivity contribution >= 4 is 104 Å². The minimum atomic E-state index is 0.333. The maximum atomic E-state index is 2.43. The molecule has 12 aromatic rings. The number of nitrogens with zero attached hydrogens (tertiary/aromatic N) is 2. The van der Waals surface area contributed by atoms with E-state index in [1.54, 1.807) is 0 Å². The van der Waals surface area contributed by atoms with Crippen molar-refractivity contribution < 1.29 is 0 Å². The second-order valence-electron chi connectivity index (χ2n) is 14.9. The summed E-state index contributed by atoms with van der Waals surface area (Å²) in [6.45, 7) is 0. The number of anilines is 3. The Morgan fingerprint density at radius 1 is 0.379 bits per heavy atom. The molecule has 12 rings (SSSR count). The minimum Gasteiger partial charge on any atom is -0.0602 e. The SMILES string of the molecule is c1ccc(-n2c3ccccc3c3ccc(-c4ccc(N(c5ccc(-c6ccc7c(c6)[se]c6ccccc67)cc5)c5cccc6c5sc5ccccc56)cc4)cc32)cc1. The van der Waals surface area contributed by atoms with Crippen LogP contribution in [0.3, 0.4) is 0 Å². The molecule has 0 aliphatic heterocycles. The summed E-state index contributed by atoms with van der Waals surface area (Å²) in [7, 11) is 0. The van der Waals surface area contributed by atoms with Crippen molar-refractivity contribution in [3.63, 3.8) is 0 Å². The van der Waals surface area contributed by atoms with Gasteiger partial charge in [0.1, 0.15) is 0 Å². The van der Waals surface area contributed by atoms with Crippen LogP contribution in [0.25, 0.3) is 89.2 Å². The summed E-state index contributed by atoms with van der Waals surface area (Å²) in [5.41, 5.74) is 11.9. The third-order valence-corrected chi connectivity index (χ3v) is 15.2. The van der Waals surface area contributed by atoms with E-state index in [0.717, 1.165) is 11.4 Å². The van der Waals surface area contributed by atoms with E-state index in [1.165, 1.54) is 94.9 Å². The van der Waals surface area contributed by atoms with Crippen LogP contribution in [0.2, 0.25) is 0 Å². The summed E-state index contributed by atoms with van der Waals surface area (Å²) in [5.74, 6) is 0. The van der Waals surface area contributed by atoms with Gasteiger partial charge >= 0.3 is 213 Å². The molecule has 0 saturated carbocycles. The van der Waals surface area contributed by atoms with Gasteiger partial charge in [-0.2, -0.15) is 0 Å². The van der Waals surface area contributed by atoms with Crippen LogP contribution in [0, 0.1) is 0 Å². The fourth-order valence-electron chi connectivity index (χ4n) is 8.85. The average molecular weight is 822 g/mol. The van der Waals surface area contributed by atoms with Gasteiger partial charge in [0.2, 0.25) is 0 Å². The van der Waals surface area contributed by atoms with Crippen LogP contribution in [0.5, 0.6) is 0 Å². The monoisotopic (exact) mass is 822 g/mol. The summed E-state index contributed by atoms with van der Waals surface area (Å²) < 4.78 is 7.93. The third kappa shape index (κ3) is 5.38. The molecule has 0 radical (unpaired) electrons. The van der Waals surface area contributed by atoms with Gasteiger partial charge < -0.3 is 4.57 Å². The summed E-state index contributed by atoms with van der Waals surface area (Å²) in [5, 5.41) is 7.91. The van der Waals surface area contributed by atoms with Crippen molar-refractivity contribution in [2.75, 3.05) is 4.90 Å². The molecule has 2 nitrogen and oxygen atoms in total. The zero-order valence-electron chi connectivity index (χ0n) is 31.3. The van der Waals surface area contributed by atoms with Crippen molar-refractivity contribution in [2.24, 2.45) is 0 Å². The Morgan fingerprint density at radius 2 is 0.948 bits per heavy atom. The number of benzene rings is 9. The molecule has 0 N–H and O–H groups in total. The zero-order chi connectivity index (χ0) is 38.2. The van der Waals surface area contributed by atoms with Crippen molar-refractivity contribution in [3.8, 4) is 27.9 Å². The van der Waals surface area contributed by atoms with E-state index in [1.807, 2.05) is 11.3 Å². The number of hydrogen-bond donors (Lipinski definition) is 0.